The number of morpholine rings is 1. The van der Waals surface area contributed by atoms with Crippen LogP contribution in [-0.2, 0) is 14.3 Å². The van der Waals surface area contributed by atoms with Crippen LogP contribution in [0.25, 0.3) is 0 Å². The molecular formula is C13H24N2O5. The molecule has 0 aliphatic carbocycles. The second kappa shape index (κ2) is 7.44. The van der Waals surface area contributed by atoms with E-state index in [2.05, 4.69) is 4.90 Å². The van der Waals surface area contributed by atoms with Gasteiger partial charge in [0.1, 0.15) is 12.1 Å². The predicted molar refractivity (Wildman–Crippen MR) is 72.7 cm³/mol. The molecule has 0 radical (unpaired) electrons. The Labute approximate surface area is 119 Å². The number of hydrogen-bond acceptors (Lipinski definition) is 5. The van der Waals surface area contributed by atoms with E-state index in [1.54, 1.807) is 20.8 Å². The highest BCUT2D eigenvalue weighted by Crippen LogP contribution is 2.10. The molecular weight excluding hydrogens is 264 g/mol. The first-order chi connectivity index (χ1) is 9.28. The van der Waals surface area contributed by atoms with Crippen molar-refractivity contribution in [3.8, 4) is 0 Å². The highest BCUT2D eigenvalue weighted by molar-refractivity contribution is 5.76. The van der Waals surface area contributed by atoms with Gasteiger partial charge >= 0.3 is 12.1 Å². The number of rotatable bonds is 5. The van der Waals surface area contributed by atoms with Crippen LogP contribution in [0.15, 0.2) is 0 Å². The lowest BCUT2D eigenvalue weighted by atomic mass is 10.2. The van der Waals surface area contributed by atoms with E-state index >= 15 is 0 Å². The topological polar surface area (TPSA) is 79.3 Å². The average Bonchev–Trinajstić information content (AvgIpc) is 2.33. The van der Waals surface area contributed by atoms with Crippen LogP contribution in [-0.4, -0.2) is 78.5 Å². The largest absolute Gasteiger partial charge is 0.480 e. The molecule has 1 aliphatic heterocycles. The maximum absolute atomic E-state index is 12.0. The van der Waals surface area contributed by atoms with Crippen molar-refractivity contribution < 1.29 is 24.2 Å². The molecule has 1 fully saturated rings. The van der Waals surface area contributed by atoms with E-state index < -0.39 is 17.7 Å². The second-order valence-corrected chi connectivity index (χ2v) is 5.75. The van der Waals surface area contributed by atoms with Crippen molar-refractivity contribution in [2.75, 3.05) is 45.9 Å². The van der Waals surface area contributed by atoms with Crippen molar-refractivity contribution in [1.82, 2.24) is 9.80 Å². The van der Waals surface area contributed by atoms with Gasteiger partial charge in [-0.1, -0.05) is 0 Å². The first-order valence-corrected chi connectivity index (χ1v) is 6.78. The fourth-order valence-corrected chi connectivity index (χ4v) is 1.81. The fourth-order valence-electron chi connectivity index (χ4n) is 1.81. The van der Waals surface area contributed by atoms with Crippen LogP contribution >= 0.6 is 0 Å². The summed E-state index contributed by atoms with van der Waals surface area (Å²) in [6.07, 6.45) is -0.590. The lowest BCUT2D eigenvalue weighted by Gasteiger charge is -2.30. The molecule has 1 N–H and O–H groups in total. The molecule has 116 valence electrons. The summed E-state index contributed by atoms with van der Waals surface area (Å²) in [6, 6.07) is 0. The highest BCUT2D eigenvalue weighted by atomic mass is 16.6. The van der Waals surface area contributed by atoms with Gasteiger partial charge in [0.15, 0.2) is 0 Å². The molecule has 20 heavy (non-hydrogen) atoms. The number of carbonyl (C=O) groups excluding carboxylic acids is 1. The van der Waals surface area contributed by atoms with E-state index in [0.717, 1.165) is 13.1 Å². The summed E-state index contributed by atoms with van der Waals surface area (Å²) < 4.78 is 10.5. The normalized spacial score (nSPS) is 16.8. The summed E-state index contributed by atoms with van der Waals surface area (Å²) in [7, 11) is 0. The first-order valence-electron chi connectivity index (χ1n) is 6.78. The molecule has 1 aliphatic rings. The monoisotopic (exact) mass is 288 g/mol. The molecule has 0 aromatic rings. The number of ether oxygens (including phenoxy) is 2. The van der Waals surface area contributed by atoms with Crippen molar-refractivity contribution in [3.05, 3.63) is 0 Å². The molecule has 7 nitrogen and oxygen atoms in total. The van der Waals surface area contributed by atoms with Gasteiger partial charge in [-0.2, -0.15) is 0 Å². The minimum atomic E-state index is -1.04. The third-order valence-corrected chi connectivity index (χ3v) is 2.77. The SMILES string of the molecule is CC(C)(C)OC(=O)N(CCN1CCOCC1)CC(=O)O. The highest BCUT2D eigenvalue weighted by Gasteiger charge is 2.24. The Balaban J connectivity index is 2.50. The van der Waals surface area contributed by atoms with Crippen molar-refractivity contribution in [2.24, 2.45) is 0 Å². The van der Waals surface area contributed by atoms with Gasteiger partial charge < -0.3 is 14.6 Å². The zero-order valence-corrected chi connectivity index (χ0v) is 12.4. The fraction of sp³-hybridized carbons (Fsp3) is 0.846. The van der Waals surface area contributed by atoms with Crippen molar-refractivity contribution in [2.45, 2.75) is 26.4 Å². The summed E-state index contributed by atoms with van der Waals surface area (Å²) >= 11 is 0. The third-order valence-electron chi connectivity index (χ3n) is 2.77. The Hall–Kier alpha value is -1.34. The standard InChI is InChI=1S/C13H24N2O5/c1-13(2,3)20-12(18)15(10-11(16)17)5-4-14-6-8-19-9-7-14/h4-10H2,1-3H3,(H,16,17). The van der Waals surface area contributed by atoms with Crippen LogP contribution in [0.4, 0.5) is 4.79 Å². The quantitative estimate of drug-likeness (QED) is 0.800. The van der Waals surface area contributed by atoms with Crippen molar-refractivity contribution in [1.29, 1.82) is 0 Å². The van der Waals surface area contributed by atoms with E-state index in [-0.39, 0.29) is 6.54 Å². The van der Waals surface area contributed by atoms with Crippen LogP contribution < -0.4 is 0 Å². The Kier molecular flexibility index (Phi) is 6.22. The van der Waals surface area contributed by atoms with Crippen molar-refractivity contribution >= 4 is 12.1 Å². The number of carbonyl (C=O) groups is 2. The zero-order valence-electron chi connectivity index (χ0n) is 12.4. The van der Waals surface area contributed by atoms with E-state index in [9.17, 15) is 9.59 Å². The minimum absolute atomic E-state index is 0.335. The van der Waals surface area contributed by atoms with Gasteiger partial charge in [-0.05, 0) is 20.8 Å². The molecule has 0 saturated carbocycles. The maximum Gasteiger partial charge on any atom is 0.410 e. The average molecular weight is 288 g/mol. The second-order valence-electron chi connectivity index (χ2n) is 5.75. The Morgan fingerprint density at radius 2 is 1.90 bits per heavy atom. The molecule has 1 heterocycles. The van der Waals surface area contributed by atoms with Gasteiger partial charge in [0.2, 0.25) is 0 Å². The molecule has 0 atom stereocenters. The lowest BCUT2D eigenvalue weighted by Crippen LogP contribution is -2.46. The molecule has 0 bridgehead atoms. The van der Waals surface area contributed by atoms with E-state index in [1.165, 1.54) is 4.90 Å². The van der Waals surface area contributed by atoms with Gasteiger partial charge in [0, 0.05) is 26.2 Å². The summed E-state index contributed by atoms with van der Waals surface area (Å²) in [5.41, 5.74) is -0.632. The third kappa shape index (κ3) is 6.72. The van der Waals surface area contributed by atoms with Crippen LogP contribution in [0.1, 0.15) is 20.8 Å². The maximum atomic E-state index is 12.0. The van der Waals surface area contributed by atoms with Crippen LogP contribution in [0.3, 0.4) is 0 Å². The molecule has 1 rings (SSSR count). The molecule has 1 saturated heterocycles. The minimum Gasteiger partial charge on any atom is -0.480 e. The number of hydrogen-bond donors (Lipinski definition) is 1. The van der Waals surface area contributed by atoms with Crippen molar-refractivity contribution in [3.63, 3.8) is 0 Å². The van der Waals surface area contributed by atoms with Crippen LogP contribution in [0.2, 0.25) is 0 Å². The lowest BCUT2D eigenvalue weighted by molar-refractivity contribution is -0.138. The summed E-state index contributed by atoms with van der Waals surface area (Å²) in [5.74, 6) is -1.04. The molecule has 7 heteroatoms. The summed E-state index contributed by atoms with van der Waals surface area (Å²) in [5, 5.41) is 8.89. The summed E-state index contributed by atoms with van der Waals surface area (Å²) in [6.45, 7) is 8.82. The number of amides is 1. The van der Waals surface area contributed by atoms with E-state index in [1.807, 2.05) is 0 Å². The number of nitrogens with zero attached hydrogens (tertiary/aromatic N) is 2. The van der Waals surface area contributed by atoms with Gasteiger partial charge in [0.25, 0.3) is 0 Å². The predicted octanol–water partition coefficient (Wildman–Crippen LogP) is 0.640. The molecule has 0 unspecified atom stereocenters. The Bertz CT molecular complexity index is 334. The van der Waals surface area contributed by atoms with Gasteiger partial charge in [0.05, 0.1) is 13.2 Å². The number of carboxylic acids is 1. The van der Waals surface area contributed by atoms with Gasteiger partial charge in [-0.3, -0.25) is 14.6 Å². The molecule has 0 aromatic heterocycles. The van der Waals surface area contributed by atoms with Gasteiger partial charge in [-0.15, -0.1) is 0 Å². The van der Waals surface area contributed by atoms with Crippen LogP contribution in [0.5, 0.6) is 0 Å². The van der Waals surface area contributed by atoms with E-state index in [4.69, 9.17) is 14.6 Å². The molecule has 0 spiro atoms. The molecule has 1 amide bonds. The first kappa shape index (κ1) is 16.7. The van der Waals surface area contributed by atoms with Gasteiger partial charge in [-0.25, -0.2) is 4.79 Å². The number of carboxylic acid groups (broad SMARTS) is 1. The Morgan fingerprint density at radius 3 is 2.40 bits per heavy atom. The Morgan fingerprint density at radius 1 is 1.30 bits per heavy atom. The smallest absolute Gasteiger partial charge is 0.410 e. The number of aliphatic carboxylic acids is 1. The van der Waals surface area contributed by atoms with E-state index in [0.29, 0.717) is 26.3 Å². The summed E-state index contributed by atoms with van der Waals surface area (Å²) in [4.78, 5) is 26.2. The van der Waals surface area contributed by atoms with Crippen LogP contribution in [0, 0.1) is 0 Å². The molecule has 0 aromatic carbocycles. The zero-order chi connectivity index (χ0) is 15.2.